The third kappa shape index (κ3) is 3.87. The van der Waals surface area contributed by atoms with Crippen LogP contribution in [-0.4, -0.2) is 28.6 Å². The van der Waals surface area contributed by atoms with Gasteiger partial charge in [-0.2, -0.15) is 0 Å². The van der Waals surface area contributed by atoms with Crippen LogP contribution in [0.5, 0.6) is 0 Å². The summed E-state index contributed by atoms with van der Waals surface area (Å²) in [5.74, 6) is -1.18. The fraction of sp³-hybridized carbons (Fsp3) is 0.214. The average molecular weight is 354 g/mol. The van der Waals surface area contributed by atoms with Gasteiger partial charge < -0.3 is 14.6 Å². The van der Waals surface area contributed by atoms with Crippen LogP contribution in [0.25, 0.3) is 0 Å². The number of benzene rings is 1. The number of ether oxygens (including phenoxy) is 1. The number of aryl methyl sites for hydroxylation is 2. The molecule has 1 heterocycles. The molecule has 0 aliphatic heterocycles. The highest BCUT2D eigenvalue weighted by molar-refractivity contribution is 6.33. The van der Waals surface area contributed by atoms with Crippen molar-refractivity contribution in [2.45, 2.75) is 13.8 Å². The van der Waals surface area contributed by atoms with E-state index in [1.54, 1.807) is 13.8 Å². The van der Waals surface area contributed by atoms with Crippen molar-refractivity contribution in [1.82, 2.24) is 5.16 Å². The third-order valence-corrected chi connectivity index (χ3v) is 3.34. The van der Waals surface area contributed by atoms with E-state index in [0.29, 0.717) is 5.69 Å². The number of halogens is 1. The summed E-state index contributed by atoms with van der Waals surface area (Å²) in [5, 5.41) is 16.8. The summed E-state index contributed by atoms with van der Waals surface area (Å²) in [6.07, 6.45) is 0. The summed E-state index contributed by atoms with van der Waals surface area (Å²) < 4.78 is 9.71. The molecular formula is C14H12ClN3O6. The highest BCUT2D eigenvalue weighted by Crippen LogP contribution is 2.26. The molecule has 0 spiro atoms. The molecule has 0 saturated heterocycles. The van der Waals surface area contributed by atoms with Gasteiger partial charge in [0.25, 0.3) is 11.6 Å². The molecule has 0 radical (unpaired) electrons. The molecule has 1 N–H and O–H groups in total. The van der Waals surface area contributed by atoms with Crippen LogP contribution in [0, 0.1) is 24.0 Å². The normalized spacial score (nSPS) is 10.3. The Morgan fingerprint density at radius 1 is 1.42 bits per heavy atom. The lowest BCUT2D eigenvalue weighted by Gasteiger charge is -2.08. The first-order chi connectivity index (χ1) is 11.3. The lowest BCUT2D eigenvalue weighted by atomic mass is 10.2. The zero-order valence-electron chi connectivity index (χ0n) is 12.7. The second kappa shape index (κ2) is 7.09. The number of nitrogens with zero attached hydrogens (tertiary/aromatic N) is 2. The molecule has 0 aliphatic carbocycles. The number of anilines is 1. The van der Waals surface area contributed by atoms with Gasteiger partial charge in [-0.05, 0) is 19.9 Å². The molecule has 2 aromatic rings. The maximum atomic E-state index is 11.9. The summed E-state index contributed by atoms with van der Waals surface area (Å²) in [7, 11) is 0. The third-order valence-electron chi connectivity index (χ3n) is 3.01. The minimum atomic E-state index is -0.758. The van der Waals surface area contributed by atoms with Crippen molar-refractivity contribution >= 4 is 34.9 Å². The number of carbonyl (C=O) groups is 2. The number of amides is 1. The van der Waals surface area contributed by atoms with Gasteiger partial charge in [0, 0.05) is 12.1 Å². The molecule has 24 heavy (non-hydrogen) atoms. The standard InChI is InChI=1S/C14H12ClN3O6/c1-7-13(8(2)24-17-7)14(20)23-6-12(19)16-11-5-9(18(21)22)3-4-10(11)15/h3-5H,6H2,1-2H3,(H,16,19). The van der Waals surface area contributed by atoms with Gasteiger partial charge in [-0.25, -0.2) is 4.79 Å². The highest BCUT2D eigenvalue weighted by Gasteiger charge is 2.20. The van der Waals surface area contributed by atoms with Crippen molar-refractivity contribution < 1.29 is 23.8 Å². The van der Waals surface area contributed by atoms with Gasteiger partial charge in [0.15, 0.2) is 6.61 Å². The lowest BCUT2D eigenvalue weighted by Crippen LogP contribution is -2.21. The smallest absolute Gasteiger partial charge is 0.344 e. The molecule has 1 amide bonds. The number of aromatic nitrogens is 1. The maximum Gasteiger partial charge on any atom is 0.344 e. The largest absolute Gasteiger partial charge is 0.452 e. The van der Waals surface area contributed by atoms with Crippen LogP contribution in [0.3, 0.4) is 0 Å². The van der Waals surface area contributed by atoms with Crippen molar-refractivity contribution in [3.63, 3.8) is 0 Å². The molecule has 10 heteroatoms. The highest BCUT2D eigenvalue weighted by atomic mass is 35.5. The molecular weight excluding hydrogens is 342 g/mol. The topological polar surface area (TPSA) is 125 Å². The zero-order valence-corrected chi connectivity index (χ0v) is 13.4. The molecule has 2 rings (SSSR count). The van der Waals surface area contributed by atoms with Crippen LogP contribution in [0.2, 0.25) is 5.02 Å². The van der Waals surface area contributed by atoms with E-state index in [1.807, 2.05) is 0 Å². The zero-order chi connectivity index (χ0) is 17.9. The van der Waals surface area contributed by atoms with E-state index in [4.69, 9.17) is 20.9 Å². The summed E-state index contributed by atoms with van der Waals surface area (Å²) in [4.78, 5) is 33.8. The Hall–Kier alpha value is -2.94. The number of esters is 1. The van der Waals surface area contributed by atoms with Gasteiger partial charge in [0.05, 0.1) is 21.3 Å². The van der Waals surface area contributed by atoms with Gasteiger partial charge in [-0.15, -0.1) is 0 Å². The van der Waals surface area contributed by atoms with Crippen molar-refractivity contribution in [3.05, 3.63) is 50.4 Å². The number of nitro benzene ring substituents is 1. The van der Waals surface area contributed by atoms with Crippen LogP contribution in [0.4, 0.5) is 11.4 Å². The van der Waals surface area contributed by atoms with Crippen LogP contribution in [0.1, 0.15) is 21.8 Å². The van der Waals surface area contributed by atoms with Gasteiger partial charge in [-0.3, -0.25) is 14.9 Å². The molecule has 0 saturated carbocycles. The van der Waals surface area contributed by atoms with Gasteiger partial charge in [-0.1, -0.05) is 16.8 Å². The first-order valence-corrected chi connectivity index (χ1v) is 7.01. The molecule has 0 fully saturated rings. The Morgan fingerprint density at radius 3 is 2.71 bits per heavy atom. The van der Waals surface area contributed by atoms with Gasteiger partial charge in [0.2, 0.25) is 0 Å². The first-order valence-electron chi connectivity index (χ1n) is 6.63. The summed E-state index contributed by atoms with van der Waals surface area (Å²) in [6, 6.07) is 3.59. The number of nitrogens with one attached hydrogen (secondary N) is 1. The molecule has 0 atom stereocenters. The molecule has 9 nitrogen and oxygen atoms in total. The molecule has 126 valence electrons. The van der Waals surface area contributed by atoms with Crippen molar-refractivity contribution in [3.8, 4) is 0 Å². The molecule has 0 unspecified atom stereocenters. The second-order valence-corrected chi connectivity index (χ2v) is 5.15. The first kappa shape index (κ1) is 17.4. The fourth-order valence-corrected chi connectivity index (χ4v) is 2.05. The van der Waals surface area contributed by atoms with Crippen LogP contribution < -0.4 is 5.32 Å². The number of hydrogen-bond donors (Lipinski definition) is 1. The van der Waals surface area contributed by atoms with E-state index in [9.17, 15) is 19.7 Å². The van der Waals surface area contributed by atoms with Gasteiger partial charge >= 0.3 is 5.97 Å². The van der Waals surface area contributed by atoms with Crippen LogP contribution in [0.15, 0.2) is 22.7 Å². The second-order valence-electron chi connectivity index (χ2n) is 4.74. The Kier molecular flexibility index (Phi) is 5.14. The Labute approximate surface area is 140 Å². The monoisotopic (exact) mass is 353 g/mol. The summed E-state index contributed by atoms with van der Waals surface area (Å²) in [5.41, 5.74) is 0.308. The van der Waals surface area contributed by atoms with E-state index in [1.165, 1.54) is 12.1 Å². The predicted molar refractivity (Wildman–Crippen MR) is 83.0 cm³/mol. The van der Waals surface area contributed by atoms with E-state index in [-0.39, 0.29) is 27.7 Å². The van der Waals surface area contributed by atoms with Crippen molar-refractivity contribution in [1.29, 1.82) is 0 Å². The number of nitro groups is 1. The average Bonchev–Trinajstić information content (AvgIpc) is 2.86. The lowest BCUT2D eigenvalue weighted by molar-refractivity contribution is -0.384. The summed E-state index contributed by atoms with van der Waals surface area (Å²) in [6.45, 7) is 2.51. The van der Waals surface area contributed by atoms with E-state index in [2.05, 4.69) is 10.5 Å². The number of carbonyl (C=O) groups excluding carboxylic acids is 2. The molecule has 1 aromatic heterocycles. The van der Waals surface area contributed by atoms with E-state index < -0.39 is 23.4 Å². The van der Waals surface area contributed by atoms with Crippen LogP contribution >= 0.6 is 11.6 Å². The van der Waals surface area contributed by atoms with Gasteiger partial charge in [0.1, 0.15) is 11.3 Å². The number of rotatable bonds is 5. The van der Waals surface area contributed by atoms with Crippen LogP contribution in [-0.2, 0) is 9.53 Å². The SMILES string of the molecule is Cc1noc(C)c1C(=O)OCC(=O)Nc1cc([N+](=O)[O-])ccc1Cl. The Balaban J connectivity index is 2.00. The predicted octanol–water partition coefficient (Wildman–Crippen LogP) is 2.65. The van der Waals surface area contributed by atoms with E-state index in [0.717, 1.165) is 6.07 Å². The Morgan fingerprint density at radius 2 is 2.12 bits per heavy atom. The Bertz CT molecular complexity index is 797. The van der Waals surface area contributed by atoms with E-state index >= 15 is 0 Å². The molecule has 0 aliphatic rings. The summed E-state index contributed by atoms with van der Waals surface area (Å²) >= 11 is 5.86. The van der Waals surface area contributed by atoms with Crippen molar-refractivity contribution in [2.24, 2.45) is 0 Å². The molecule has 1 aromatic carbocycles. The van der Waals surface area contributed by atoms with Crippen molar-refractivity contribution in [2.75, 3.05) is 11.9 Å². The molecule has 0 bridgehead atoms. The maximum absolute atomic E-state index is 11.9. The number of hydrogen-bond acceptors (Lipinski definition) is 7. The number of non-ortho nitro benzene ring substituents is 1. The minimum absolute atomic E-state index is 0.0456. The minimum Gasteiger partial charge on any atom is -0.452 e. The quantitative estimate of drug-likeness (QED) is 0.497. The fourth-order valence-electron chi connectivity index (χ4n) is 1.89.